The van der Waals surface area contributed by atoms with Crippen molar-refractivity contribution in [1.29, 1.82) is 0 Å². The average molecular weight is 205 g/mol. The third-order valence-electron chi connectivity index (χ3n) is 2.66. The lowest BCUT2D eigenvalue weighted by Crippen LogP contribution is -2.24. The molecule has 1 aromatic rings. The van der Waals surface area contributed by atoms with E-state index in [-0.39, 0.29) is 5.60 Å². The molecule has 0 amide bonds. The van der Waals surface area contributed by atoms with Crippen LogP contribution < -0.4 is 4.74 Å². The minimum atomic E-state index is -0.159. The first kappa shape index (κ1) is 10.0. The maximum atomic E-state index is 8.80. The van der Waals surface area contributed by atoms with E-state index in [4.69, 9.17) is 9.94 Å². The molecule has 3 nitrogen and oxygen atoms in total. The highest BCUT2D eigenvalue weighted by atomic mass is 16.5. The molecule has 0 unspecified atom stereocenters. The second-order valence-corrected chi connectivity index (χ2v) is 4.51. The van der Waals surface area contributed by atoms with Crippen molar-refractivity contribution < 1.29 is 9.94 Å². The Morgan fingerprint density at radius 1 is 1.47 bits per heavy atom. The molecule has 0 aromatic heterocycles. The maximum Gasteiger partial charge on any atom is 0.124 e. The van der Waals surface area contributed by atoms with Gasteiger partial charge in [-0.25, -0.2) is 0 Å². The predicted molar refractivity (Wildman–Crippen MR) is 58.9 cm³/mol. The van der Waals surface area contributed by atoms with Gasteiger partial charge in [0.1, 0.15) is 11.4 Å². The van der Waals surface area contributed by atoms with Crippen LogP contribution in [0.25, 0.3) is 0 Å². The van der Waals surface area contributed by atoms with Crippen molar-refractivity contribution in [3.05, 3.63) is 29.3 Å². The molecular formula is C12H15NO2. The lowest BCUT2D eigenvalue weighted by Gasteiger charge is -2.16. The Kier molecular flexibility index (Phi) is 2.18. The molecule has 0 atom stereocenters. The van der Waals surface area contributed by atoms with Crippen molar-refractivity contribution in [1.82, 2.24) is 0 Å². The van der Waals surface area contributed by atoms with E-state index < -0.39 is 0 Å². The molecule has 0 saturated heterocycles. The predicted octanol–water partition coefficient (Wildman–Crippen LogP) is 2.60. The third-order valence-corrected chi connectivity index (χ3v) is 2.66. The molecule has 0 radical (unpaired) electrons. The van der Waals surface area contributed by atoms with E-state index in [9.17, 15) is 0 Å². The number of rotatable bonds is 1. The molecular weight excluding hydrogens is 190 g/mol. The van der Waals surface area contributed by atoms with Crippen molar-refractivity contribution in [3.8, 4) is 5.75 Å². The number of oxime groups is 1. The molecule has 0 aliphatic carbocycles. The zero-order chi connectivity index (χ0) is 11.1. The number of hydrogen-bond acceptors (Lipinski definition) is 3. The van der Waals surface area contributed by atoms with Gasteiger partial charge in [-0.2, -0.15) is 0 Å². The fourth-order valence-corrected chi connectivity index (χ4v) is 2.00. The molecule has 3 heteroatoms. The normalized spacial score (nSPS) is 18.5. The molecule has 0 fully saturated rings. The van der Waals surface area contributed by atoms with Crippen LogP contribution in [0.3, 0.4) is 0 Å². The Morgan fingerprint density at radius 2 is 2.20 bits per heavy atom. The summed E-state index contributed by atoms with van der Waals surface area (Å²) in [7, 11) is 0. The second-order valence-electron chi connectivity index (χ2n) is 4.51. The zero-order valence-corrected chi connectivity index (χ0v) is 9.24. The van der Waals surface area contributed by atoms with E-state index in [0.29, 0.717) is 5.71 Å². The van der Waals surface area contributed by atoms with Gasteiger partial charge in [0.05, 0.1) is 5.71 Å². The van der Waals surface area contributed by atoms with Gasteiger partial charge in [-0.15, -0.1) is 0 Å². The van der Waals surface area contributed by atoms with Crippen LogP contribution in [0.4, 0.5) is 0 Å². The smallest absolute Gasteiger partial charge is 0.124 e. The Balaban J connectivity index is 2.51. The number of fused-ring (bicyclic) bond motifs is 1. The summed E-state index contributed by atoms with van der Waals surface area (Å²) in [4.78, 5) is 0. The molecule has 0 spiro atoms. The molecule has 80 valence electrons. The van der Waals surface area contributed by atoms with Crippen molar-refractivity contribution in [3.63, 3.8) is 0 Å². The molecule has 1 aromatic carbocycles. The number of ether oxygens (including phenoxy) is 1. The van der Waals surface area contributed by atoms with Crippen LogP contribution >= 0.6 is 0 Å². The highest BCUT2D eigenvalue weighted by molar-refractivity contribution is 6.00. The lowest BCUT2D eigenvalue weighted by atomic mass is 9.95. The van der Waals surface area contributed by atoms with Crippen molar-refractivity contribution in [2.75, 3.05) is 0 Å². The summed E-state index contributed by atoms with van der Waals surface area (Å²) in [5, 5.41) is 12.0. The monoisotopic (exact) mass is 205 g/mol. The summed E-state index contributed by atoms with van der Waals surface area (Å²) in [6.07, 6.45) is 0.853. The Bertz CT molecular complexity index is 422. The van der Waals surface area contributed by atoms with E-state index >= 15 is 0 Å². The first-order valence-corrected chi connectivity index (χ1v) is 5.03. The minimum absolute atomic E-state index is 0.159. The fraction of sp³-hybridized carbons (Fsp3) is 0.417. The van der Waals surface area contributed by atoms with Gasteiger partial charge in [-0.05, 0) is 26.8 Å². The zero-order valence-electron chi connectivity index (χ0n) is 9.24. The Labute approximate surface area is 89.4 Å². The van der Waals surface area contributed by atoms with Crippen LogP contribution in [0.1, 0.15) is 31.9 Å². The number of hydrogen-bond donors (Lipinski definition) is 1. The first-order valence-electron chi connectivity index (χ1n) is 5.03. The highest BCUT2D eigenvalue weighted by Gasteiger charge is 2.31. The fourth-order valence-electron chi connectivity index (χ4n) is 2.00. The standard InChI is InChI=1S/C12H15NO2/c1-8(13-14)9-5-4-6-11-10(9)7-12(2,3)15-11/h4-6,14H,7H2,1-3H3. The van der Waals surface area contributed by atoms with Crippen LogP contribution in [0.5, 0.6) is 5.75 Å². The largest absolute Gasteiger partial charge is 0.487 e. The van der Waals surface area contributed by atoms with E-state index in [2.05, 4.69) is 19.0 Å². The summed E-state index contributed by atoms with van der Waals surface area (Å²) in [5.74, 6) is 0.903. The van der Waals surface area contributed by atoms with Gasteiger partial charge in [0, 0.05) is 17.5 Å². The minimum Gasteiger partial charge on any atom is -0.487 e. The molecule has 1 aliphatic heterocycles. The first-order chi connectivity index (χ1) is 7.03. The van der Waals surface area contributed by atoms with E-state index in [1.165, 1.54) is 0 Å². The number of benzene rings is 1. The quantitative estimate of drug-likeness (QED) is 0.435. The van der Waals surface area contributed by atoms with Crippen LogP contribution in [0, 0.1) is 0 Å². The van der Waals surface area contributed by atoms with Gasteiger partial charge in [0.15, 0.2) is 0 Å². The third kappa shape index (κ3) is 1.69. The lowest BCUT2D eigenvalue weighted by molar-refractivity contribution is 0.138. The van der Waals surface area contributed by atoms with Crippen LogP contribution in [0.2, 0.25) is 0 Å². The summed E-state index contributed by atoms with van der Waals surface area (Å²) < 4.78 is 5.79. The van der Waals surface area contributed by atoms with Crippen LogP contribution in [-0.4, -0.2) is 16.5 Å². The maximum absolute atomic E-state index is 8.80. The molecule has 2 rings (SSSR count). The van der Waals surface area contributed by atoms with Gasteiger partial charge in [-0.1, -0.05) is 17.3 Å². The summed E-state index contributed by atoms with van der Waals surface area (Å²) in [5.41, 5.74) is 2.58. The Morgan fingerprint density at radius 3 is 2.87 bits per heavy atom. The Hall–Kier alpha value is -1.51. The van der Waals surface area contributed by atoms with Crippen molar-refractivity contribution in [2.24, 2.45) is 5.16 Å². The van der Waals surface area contributed by atoms with Crippen LogP contribution in [-0.2, 0) is 6.42 Å². The summed E-state index contributed by atoms with van der Waals surface area (Å²) in [6, 6.07) is 5.83. The molecule has 0 saturated carbocycles. The average Bonchev–Trinajstić information content (AvgIpc) is 2.49. The highest BCUT2D eigenvalue weighted by Crippen LogP contribution is 2.36. The molecule has 1 N–H and O–H groups in total. The van der Waals surface area contributed by atoms with Crippen molar-refractivity contribution >= 4 is 5.71 Å². The number of nitrogens with zero attached hydrogens (tertiary/aromatic N) is 1. The molecule has 1 aliphatic rings. The van der Waals surface area contributed by atoms with Gasteiger partial charge < -0.3 is 9.94 Å². The van der Waals surface area contributed by atoms with Gasteiger partial charge in [-0.3, -0.25) is 0 Å². The SMILES string of the molecule is CC(=NO)c1cccc2c1CC(C)(C)O2. The van der Waals surface area contributed by atoms with E-state index in [1.54, 1.807) is 6.92 Å². The van der Waals surface area contributed by atoms with E-state index in [0.717, 1.165) is 23.3 Å². The van der Waals surface area contributed by atoms with Gasteiger partial charge in [0.2, 0.25) is 0 Å². The summed E-state index contributed by atoms with van der Waals surface area (Å²) in [6.45, 7) is 5.91. The van der Waals surface area contributed by atoms with Gasteiger partial charge >= 0.3 is 0 Å². The van der Waals surface area contributed by atoms with Crippen LogP contribution in [0.15, 0.2) is 23.4 Å². The molecule has 0 bridgehead atoms. The van der Waals surface area contributed by atoms with Crippen molar-refractivity contribution in [2.45, 2.75) is 32.8 Å². The topological polar surface area (TPSA) is 41.8 Å². The molecule has 1 heterocycles. The van der Waals surface area contributed by atoms with Gasteiger partial charge in [0.25, 0.3) is 0 Å². The molecule has 15 heavy (non-hydrogen) atoms. The summed E-state index contributed by atoms with van der Waals surface area (Å²) >= 11 is 0. The van der Waals surface area contributed by atoms with E-state index in [1.807, 2.05) is 18.2 Å². The second kappa shape index (κ2) is 3.26.